The minimum atomic E-state index is -0.609. The number of rotatable bonds is 6. The van der Waals surface area contributed by atoms with E-state index in [0.717, 1.165) is 0 Å². The van der Waals surface area contributed by atoms with Crippen LogP contribution in [0.2, 0.25) is 0 Å². The van der Waals surface area contributed by atoms with Crippen LogP contribution in [0.5, 0.6) is 11.5 Å². The van der Waals surface area contributed by atoms with Gasteiger partial charge in [0.2, 0.25) is 0 Å². The zero-order valence-corrected chi connectivity index (χ0v) is 12.5. The van der Waals surface area contributed by atoms with Gasteiger partial charge in [-0.25, -0.2) is 4.57 Å². The Bertz CT molecular complexity index is 681. The molecule has 8 heteroatoms. The minimum absolute atomic E-state index is 0.113. The first-order chi connectivity index (χ1) is 10.4. The molecule has 0 fully saturated rings. The van der Waals surface area contributed by atoms with E-state index in [1.54, 1.807) is 32.2 Å². The standard InChI is InChI=1S/C14H17N3O5/c1-9(18)10-4-5-12(13(6-10)21-3)22-8-11-7-15-14(16(11)2)17(19)20/h4-7,9,18H,8H2,1-3H3. The van der Waals surface area contributed by atoms with Crippen LogP contribution in [0, 0.1) is 10.1 Å². The first-order valence-corrected chi connectivity index (χ1v) is 6.57. The van der Waals surface area contributed by atoms with Crippen LogP contribution in [0.25, 0.3) is 0 Å². The summed E-state index contributed by atoms with van der Waals surface area (Å²) in [6, 6.07) is 5.10. The second-order valence-electron chi connectivity index (χ2n) is 4.74. The predicted octanol–water partition coefficient (Wildman–Crippen LogP) is 1.97. The van der Waals surface area contributed by atoms with Gasteiger partial charge in [-0.2, -0.15) is 0 Å². The number of nitro groups is 1. The molecule has 0 spiro atoms. The van der Waals surface area contributed by atoms with Crippen molar-refractivity contribution in [3.05, 3.63) is 45.8 Å². The monoisotopic (exact) mass is 307 g/mol. The number of hydrogen-bond donors (Lipinski definition) is 1. The lowest BCUT2D eigenvalue weighted by Gasteiger charge is -2.12. The number of aliphatic hydroxyl groups excluding tert-OH is 1. The number of imidazole rings is 1. The van der Waals surface area contributed by atoms with Crippen molar-refractivity contribution in [2.45, 2.75) is 19.6 Å². The third-order valence-electron chi connectivity index (χ3n) is 3.27. The highest BCUT2D eigenvalue weighted by Gasteiger charge is 2.18. The molecule has 0 aliphatic carbocycles. The fourth-order valence-electron chi connectivity index (χ4n) is 1.95. The Kier molecular flexibility index (Phi) is 4.62. The van der Waals surface area contributed by atoms with Crippen molar-refractivity contribution in [3.8, 4) is 11.5 Å². The molecule has 1 atom stereocenters. The van der Waals surface area contributed by atoms with Crippen LogP contribution >= 0.6 is 0 Å². The second kappa shape index (κ2) is 6.44. The maximum absolute atomic E-state index is 10.7. The number of nitrogens with zero attached hydrogens (tertiary/aromatic N) is 3. The molecule has 0 bridgehead atoms. The van der Waals surface area contributed by atoms with Crippen LogP contribution in [0.1, 0.15) is 24.3 Å². The molecule has 1 aromatic carbocycles. The Labute approximate surface area is 127 Å². The number of ether oxygens (including phenoxy) is 2. The first kappa shape index (κ1) is 15.8. The molecule has 1 aromatic heterocycles. The van der Waals surface area contributed by atoms with Gasteiger partial charge >= 0.3 is 5.95 Å². The zero-order valence-electron chi connectivity index (χ0n) is 12.5. The molecule has 1 unspecified atom stereocenters. The Morgan fingerprint density at radius 2 is 2.18 bits per heavy atom. The summed E-state index contributed by atoms with van der Waals surface area (Å²) in [5.74, 6) is 0.723. The molecule has 0 amide bonds. The molecular formula is C14H17N3O5. The van der Waals surface area contributed by atoms with Crippen LogP contribution in [0.4, 0.5) is 5.95 Å². The summed E-state index contributed by atoms with van der Waals surface area (Å²) in [4.78, 5) is 13.9. The summed E-state index contributed by atoms with van der Waals surface area (Å²) in [6.07, 6.45) is 0.789. The fourth-order valence-corrected chi connectivity index (χ4v) is 1.95. The normalized spacial score (nSPS) is 12.0. The van der Waals surface area contributed by atoms with E-state index in [9.17, 15) is 15.2 Å². The summed E-state index contributed by atoms with van der Waals surface area (Å²) in [5, 5.41) is 20.3. The SMILES string of the molecule is COc1cc(C(C)O)ccc1OCc1cnc([N+](=O)[O-])n1C. The molecule has 8 nitrogen and oxygen atoms in total. The van der Waals surface area contributed by atoms with E-state index in [0.29, 0.717) is 22.8 Å². The number of aliphatic hydroxyl groups is 1. The number of aromatic nitrogens is 2. The van der Waals surface area contributed by atoms with E-state index >= 15 is 0 Å². The first-order valence-electron chi connectivity index (χ1n) is 6.57. The molecule has 2 rings (SSSR count). The molecule has 1 N–H and O–H groups in total. The molecule has 0 saturated heterocycles. The van der Waals surface area contributed by atoms with Gasteiger partial charge in [-0.05, 0) is 29.5 Å². The highest BCUT2D eigenvalue weighted by Crippen LogP contribution is 2.31. The Balaban J connectivity index is 2.16. The maximum atomic E-state index is 10.7. The van der Waals surface area contributed by atoms with Crippen LogP contribution in [-0.2, 0) is 13.7 Å². The summed E-state index contributed by atoms with van der Waals surface area (Å²) in [5.41, 5.74) is 1.27. The number of methoxy groups -OCH3 is 1. The van der Waals surface area contributed by atoms with E-state index in [1.165, 1.54) is 17.9 Å². The van der Waals surface area contributed by atoms with Gasteiger partial charge in [0.1, 0.15) is 12.8 Å². The topological polar surface area (TPSA) is 99.7 Å². The molecule has 0 saturated carbocycles. The summed E-state index contributed by atoms with van der Waals surface area (Å²) in [6.45, 7) is 1.77. The smallest absolute Gasteiger partial charge is 0.434 e. The van der Waals surface area contributed by atoms with E-state index in [-0.39, 0.29) is 12.6 Å². The van der Waals surface area contributed by atoms with Crippen LogP contribution in [0.3, 0.4) is 0 Å². The molecule has 0 aliphatic heterocycles. The van der Waals surface area contributed by atoms with Crippen LogP contribution in [-0.4, -0.2) is 26.7 Å². The lowest BCUT2D eigenvalue weighted by Crippen LogP contribution is -2.05. The molecule has 1 heterocycles. The highest BCUT2D eigenvalue weighted by molar-refractivity contribution is 5.43. The van der Waals surface area contributed by atoms with Gasteiger partial charge < -0.3 is 24.7 Å². The lowest BCUT2D eigenvalue weighted by molar-refractivity contribution is -0.396. The third kappa shape index (κ3) is 3.17. The van der Waals surface area contributed by atoms with E-state index in [2.05, 4.69) is 4.98 Å². The predicted molar refractivity (Wildman–Crippen MR) is 77.8 cm³/mol. The molecule has 22 heavy (non-hydrogen) atoms. The van der Waals surface area contributed by atoms with Crippen molar-refractivity contribution < 1.29 is 19.5 Å². The van der Waals surface area contributed by atoms with Gasteiger partial charge in [0, 0.05) is 0 Å². The lowest BCUT2D eigenvalue weighted by atomic mass is 10.1. The molecule has 0 aliphatic rings. The Morgan fingerprint density at radius 3 is 2.73 bits per heavy atom. The average molecular weight is 307 g/mol. The van der Waals surface area contributed by atoms with Crippen molar-refractivity contribution in [3.63, 3.8) is 0 Å². The fraction of sp³-hybridized carbons (Fsp3) is 0.357. The van der Waals surface area contributed by atoms with Gasteiger partial charge in [-0.1, -0.05) is 11.1 Å². The van der Waals surface area contributed by atoms with E-state index < -0.39 is 11.0 Å². The molecule has 2 aromatic rings. The second-order valence-corrected chi connectivity index (χ2v) is 4.74. The van der Waals surface area contributed by atoms with Gasteiger partial charge in [-0.3, -0.25) is 0 Å². The van der Waals surface area contributed by atoms with Crippen molar-refractivity contribution in [1.29, 1.82) is 0 Å². The van der Waals surface area contributed by atoms with Crippen LogP contribution in [0.15, 0.2) is 24.4 Å². The van der Waals surface area contributed by atoms with Crippen LogP contribution < -0.4 is 9.47 Å². The number of benzene rings is 1. The summed E-state index contributed by atoms with van der Waals surface area (Å²) in [7, 11) is 3.06. The van der Waals surface area contributed by atoms with E-state index in [1.807, 2.05) is 0 Å². The van der Waals surface area contributed by atoms with Gasteiger partial charge in [0.05, 0.1) is 20.3 Å². The Morgan fingerprint density at radius 1 is 1.45 bits per heavy atom. The minimum Gasteiger partial charge on any atom is -0.493 e. The quantitative estimate of drug-likeness (QED) is 0.647. The largest absolute Gasteiger partial charge is 0.493 e. The van der Waals surface area contributed by atoms with E-state index in [4.69, 9.17) is 9.47 Å². The summed E-state index contributed by atoms with van der Waals surface area (Å²) >= 11 is 0. The van der Waals surface area contributed by atoms with Gasteiger partial charge in [0.25, 0.3) is 0 Å². The maximum Gasteiger partial charge on any atom is 0.434 e. The average Bonchev–Trinajstić information content (AvgIpc) is 2.86. The van der Waals surface area contributed by atoms with Gasteiger partial charge in [0.15, 0.2) is 17.2 Å². The Hall–Kier alpha value is -2.61. The summed E-state index contributed by atoms with van der Waals surface area (Å²) < 4.78 is 12.2. The van der Waals surface area contributed by atoms with Gasteiger partial charge in [-0.15, -0.1) is 0 Å². The zero-order chi connectivity index (χ0) is 16.3. The highest BCUT2D eigenvalue weighted by atomic mass is 16.6. The molecule has 118 valence electrons. The van der Waals surface area contributed by atoms with Crippen molar-refractivity contribution in [2.75, 3.05) is 7.11 Å². The van der Waals surface area contributed by atoms with Crippen molar-refractivity contribution in [1.82, 2.24) is 9.55 Å². The third-order valence-corrected chi connectivity index (χ3v) is 3.27. The van der Waals surface area contributed by atoms with Crippen molar-refractivity contribution in [2.24, 2.45) is 7.05 Å². The molecule has 0 radical (unpaired) electrons. The molecular weight excluding hydrogens is 290 g/mol. The van der Waals surface area contributed by atoms with Crippen molar-refractivity contribution >= 4 is 5.95 Å². The number of hydrogen-bond acceptors (Lipinski definition) is 6.